The zero-order chi connectivity index (χ0) is 36.6. The highest BCUT2D eigenvalue weighted by Crippen LogP contribution is 2.15. The third-order valence-electron chi connectivity index (χ3n) is 6.65. The van der Waals surface area contributed by atoms with Crippen molar-refractivity contribution < 1.29 is 52.9 Å². The smallest absolute Gasteiger partial charge is 0.419 e. The first-order valence-electron chi connectivity index (χ1n) is 15.0. The van der Waals surface area contributed by atoms with Crippen LogP contribution in [0.1, 0.15) is 24.8 Å². The lowest BCUT2D eigenvalue weighted by molar-refractivity contribution is -0.670. The van der Waals surface area contributed by atoms with Gasteiger partial charge in [0.25, 0.3) is 6.20 Å². The second kappa shape index (κ2) is 18.7. The van der Waals surface area contributed by atoms with Crippen LogP contribution in [0.25, 0.3) is 5.69 Å². The predicted molar refractivity (Wildman–Crippen MR) is 172 cm³/mol. The fourth-order valence-corrected chi connectivity index (χ4v) is 4.24. The minimum absolute atomic E-state index is 0.0285. The van der Waals surface area contributed by atoms with Gasteiger partial charge >= 0.3 is 23.9 Å². The molecule has 0 saturated heterocycles. The number of aliphatic carboxylic acids is 2. The molecule has 0 aliphatic carbocycles. The average molecular weight is 698 g/mol. The molecule has 20 heteroatoms. The van der Waals surface area contributed by atoms with E-state index < -0.39 is 66.8 Å². The fourth-order valence-electron chi connectivity index (χ4n) is 4.24. The first-order chi connectivity index (χ1) is 23.8. The Morgan fingerprint density at radius 3 is 2.28 bits per heavy atom. The number of carboxylic acids is 2. The third-order valence-corrected chi connectivity index (χ3v) is 6.65. The summed E-state index contributed by atoms with van der Waals surface area (Å²) in [4.78, 5) is 76.3. The third kappa shape index (κ3) is 12.9. The lowest BCUT2D eigenvalue weighted by atomic mass is 10.0. The van der Waals surface area contributed by atoms with Gasteiger partial charge in [-0.3, -0.25) is 34.0 Å². The Labute approximate surface area is 284 Å². The van der Waals surface area contributed by atoms with Crippen molar-refractivity contribution in [3.63, 3.8) is 0 Å². The van der Waals surface area contributed by atoms with E-state index in [0.29, 0.717) is 5.56 Å². The number of carbonyl (C=O) groups excluding carboxylic acids is 4. The van der Waals surface area contributed by atoms with Crippen LogP contribution in [0, 0.1) is 0 Å². The van der Waals surface area contributed by atoms with Crippen molar-refractivity contribution in [3.8, 4) is 11.4 Å². The number of rotatable bonds is 18. The van der Waals surface area contributed by atoms with E-state index in [1.807, 2.05) is 23.5 Å². The number of anilines is 1. The molecule has 3 atom stereocenters. The Hall–Kier alpha value is -6.57. The van der Waals surface area contributed by atoms with E-state index in [0.717, 1.165) is 5.69 Å². The summed E-state index contributed by atoms with van der Waals surface area (Å²) in [5, 5.41) is 31.0. The zero-order valence-electron chi connectivity index (χ0n) is 26.5. The Kier molecular flexibility index (Phi) is 14.2. The van der Waals surface area contributed by atoms with Crippen LogP contribution in [0.15, 0.2) is 70.3 Å². The highest BCUT2D eigenvalue weighted by Gasteiger charge is 2.26. The average Bonchev–Trinajstić information content (AvgIpc) is 3.53. The Morgan fingerprint density at radius 1 is 0.940 bits per heavy atom. The van der Waals surface area contributed by atoms with Crippen LogP contribution in [0.5, 0.6) is 5.75 Å². The SMILES string of the molecule is NC(N)=NCCC[C@H](NC(=O)[C@@H](N)Cc1ccc(OC(=O)Nc2c[n+](-c3ccccc3)no2)cc1)C(=O)NCC(=O)N[C@@H](CC(=O)O)C(=O)O. The van der Waals surface area contributed by atoms with Crippen LogP contribution < -0.4 is 47.9 Å². The van der Waals surface area contributed by atoms with Crippen LogP contribution in [-0.4, -0.2) is 88.4 Å². The number of benzene rings is 2. The van der Waals surface area contributed by atoms with E-state index in [2.05, 4.69) is 26.2 Å². The van der Waals surface area contributed by atoms with Gasteiger partial charge in [0.05, 0.1) is 19.0 Å². The normalized spacial score (nSPS) is 12.3. The van der Waals surface area contributed by atoms with Crippen LogP contribution >= 0.6 is 0 Å². The van der Waals surface area contributed by atoms with Crippen molar-refractivity contribution in [2.45, 2.75) is 43.8 Å². The summed E-state index contributed by atoms with van der Waals surface area (Å²) in [6.45, 7) is -0.574. The van der Waals surface area contributed by atoms with Crippen molar-refractivity contribution in [1.82, 2.24) is 21.2 Å². The second-order valence-corrected chi connectivity index (χ2v) is 10.6. The summed E-state index contributed by atoms with van der Waals surface area (Å²) in [6.07, 6.45) is 0.0577. The van der Waals surface area contributed by atoms with Crippen LogP contribution in [0.3, 0.4) is 0 Å². The minimum Gasteiger partial charge on any atom is -0.481 e. The van der Waals surface area contributed by atoms with Crippen molar-refractivity contribution in [3.05, 3.63) is 66.4 Å². The molecule has 0 unspecified atom stereocenters. The van der Waals surface area contributed by atoms with Gasteiger partial charge < -0.3 is 48.1 Å². The summed E-state index contributed by atoms with van der Waals surface area (Å²) >= 11 is 0. The van der Waals surface area contributed by atoms with Gasteiger partial charge in [-0.05, 0) is 41.6 Å². The predicted octanol–water partition coefficient (Wildman–Crippen LogP) is -1.87. The first kappa shape index (κ1) is 37.9. The molecule has 0 radical (unpaired) electrons. The number of aliphatic imine (C=N–C) groups is 1. The molecule has 1 aromatic heterocycles. The summed E-state index contributed by atoms with van der Waals surface area (Å²) in [6, 6.07) is 11.2. The highest BCUT2D eigenvalue weighted by atomic mass is 16.6. The number of nitrogens with zero attached hydrogens (tertiary/aromatic N) is 3. The van der Waals surface area contributed by atoms with E-state index >= 15 is 0 Å². The maximum absolute atomic E-state index is 13.0. The maximum atomic E-state index is 13.0. The van der Waals surface area contributed by atoms with Gasteiger partial charge in [0.1, 0.15) is 17.8 Å². The summed E-state index contributed by atoms with van der Waals surface area (Å²) < 4.78 is 11.8. The highest BCUT2D eigenvalue weighted by molar-refractivity contribution is 5.93. The molecule has 50 heavy (non-hydrogen) atoms. The standard InChI is InChI=1S/C30H36N10O10/c31-20(13-17-8-10-19(11-9-17)49-30(48)38-24-16-40(39-50-24)18-5-2-1-3-6-18)26(44)37-21(7-4-12-34-29(32)33)27(45)35-15-23(41)36-22(28(46)47)14-25(42)43/h1-3,5-6,8-11,16,20-22H,4,7,12-15,31H2,(H9-,32,33,34,35,36,37,38,39,41,42,43,44,45,46,47,48)/p+1/t20-,21-,22-/m0/s1. The zero-order valence-corrected chi connectivity index (χ0v) is 26.5. The number of guanidine groups is 1. The van der Waals surface area contributed by atoms with Crippen LogP contribution in [0.4, 0.5) is 10.7 Å². The van der Waals surface area contributed by atoms with Crippen LogP contribution in [0.2, 0.25) is 0 Å². The lowest BCUT2D eigenvalue weighted by Gasteiger charge is -2.21. The number of aromatic nitrogens is 2. The van der Waals surface area contributed by atoms with E-state index in [9.17, 15) is 28.8 Å². The number of nitrogens with two attached hydrogens (primary N) is 3. The summed E-state index contributed by atoms with van der Waals surface area (Å²) in [7, 11) is 0. The Bertz CT molecular complexity index is 1680. The van der Waals surface area contributed by atoms with Gasteiger partial charge in [-0.2, -0.15) is 0 Å². The first-order valence-corrected chi connectivity index (χ1v) is 15.0. The van der Waals surface area contributed by atoms with E-state index in [-0.39, 0.29) is 43.4 Å². The number of ether oxygens (including phenoxy) is 1. The number of amides is 4. The van der Waals surface area contributed by atoms with Crippen molar-refractivity contribution in [2.24, 2.45) is 22.2 Å². The molecule has 0 spiro atoms. The molecule has 0 bridgehead atoms. The minimum atomic E-state index is -1.71. The fraction of sp³-hybridized carbons (Fsp3) is 0.300. The van der Waals surface area contributed by atoms with E-state index in [1.165, 1.54) is 23.0 Å². The Balaban J connectivity index is 1.53. The molecule has 266 valence electrons. The van der Waals surface area contributed by atoms with Crippen molar-refractivity contribution >= 4 is 47.6 Å². The number of nitrogens with one attached hydrogen (secondary N) is 4. The van der Waals surface area contributed by atoms with Crippen molar-refractivity contribution in [2.75, 3.05) is 18.4 Å². The number of hydrogen-bond acceptors (Lipinski definition) is 11. The van der Waals surface area contributed by atoms with E-state index in [1.54, 1.807) is 24.3 Å². The monoisotopic (exact) mass is 697 g/mol. The molecular formula is C30H37N10O10+. The molecule has 0 aliphatic rings. The maximum Gasteiger partial charge on any atom is 0.419 e. The van der Waals surface area contributed by atoms with Gasteiger partial charge in [0.2, 0.25) is 28.7 Å². The largest absolute Gasteiger partial charge is 0.481 e. The molecule has 2 aromatic carbocycles. The summed E-state index contributed by atoms with van der Waals surface area (Å²) in [5.74, 6) is -5.44. The molecule has 0 saturated carbocycles. The quantitative estimate of drug-likeness (QED) is 0.0304. The van der Waals surface area contributed by atoms with E-state index in [4.69, 9.17) is 36.7 Å². The molecule has 0 aliphatic heterocycles. The number of carbonyl (C=O) groups is 6. The molecule has 12 N–H and O–H groups in total. The molecule has 3 rings (SSSR count). The molecule has 3 aromatic rings. The van der Waals surface area contributed by atoms with Gasteiger partial charge in [-0.25, -0.2) is 9.59 Å². The molecule has 1 heterocycles. The lowest BCUT2D eigenvalue weighted by Crippen LogP contribution is -2.54. The second-order valence-electron chi connectivity index (χ2n) is 10.6. The van der Waals surface area contributed by atoms with Gasteiger partial charge in [0, 0.05) is 18.7 Å². The van der Waals surface area contributed by atoms with Crippen LogP contribution in [-0.2, 0) is 30.4 Å². The van der Waals surface area contributed by atoms with Crippen molar-refractivity contribution in [1.29, 1.82) is 0 Å². The summed E-state index contributed by atoms with van der Waals surface area (Å²) in [5.41, 5.74) is 18.1. The number of hydrogen-bond donors (Lipinski definition) is 9. The van der Waals surface area contributed by atoms with Gasteiger partial charge in [0.15, 0.2) is 5.96 Å². The Morgan fingerprint density at radius 2 is 1.64 bits per heavy atom. The topological polar surface area (TPSA) is 321 Å². The number of carboxylic acid groups (broad SMARTS) is 2. The van der Waals surface area contributed by atoms with Gasteiger partial charge in [-0.1, -0.05) is 30.3 Å². The molecule has 0 fully saturated rings. The number of para-hydroxylation sites is 1. The molecule has 4 amide bonds. The van der Waals surface area contributed by atoms with Gasteiger partial charge in [-0.15, -0.1) is 0 Å². The molecular weight excluding hydrogens is 660 g/mol. The molecule has 20 nitrogen and oxygen atoms in total.